The van der Waals surface area contributed by atoms with Crippen LogP contribution >= 0.6 is 11.3 Å². The predicted molar refractivity (Wildman–Crippen MR) is 118 cm³/mol. The quantitative estimate of drug-likeness (QED) is 0.566. The summed E-state index contributed by atoms with van der Waals surface area (Å²) in [5.41, 5.74) is 2.19. The number of sulfonamides is 1. The van der Waals surface area contributed by atoms with Gasteiger partial charge in [0.1, 0.15) is 0 Å². The first-order valence-corrected chi connectivity index (χ1v) is 12.5. The second-order valence-corrected chi connectivity index (χ2v) is 10.3. The number of rotatable bonds is 9. The van der Waals surface area contributed by atoms with Crippen LogP contribution in [0.15, 0.2) is 54.4 Å². The summed E-state index contributed by atoms with van der Waals surface area (Å²) in [4.78, 5) is 16.4. The molecule has 2 heterocycles. The van der Waals surface area contributed by atoms with Gasteiger partial charge in [0.2, 0.25) is 15.9 Å². The molecule has 0 aliphatic carbocycles. The fourth-order valence-electron chi connectivity index (χ4n) is 3.70. The van der Waals surface area contributed by atoms with Crippen LogP contribution in [0.5, 0.6) is 0 Å². The molecule has 1 aromatic carbocycles. The van der Waals surface area contributed by atoms with E-state index in [-0.39, 0.29) is 30.8 Å². The lowest BCUT2D eigenvalue weighted by Gasteiger charge is -2.37. The number of hydrogen-bond donors (Lipinski definition) is 0. The van der Waals surface area contributed by atoms with Crippen molar-refractivity contribution in [3.05, 3.63) is 70.4 Å². The SMILES string of the molecule is C=CCN(CC(=O)N1CCc2sccc2C1c1ccccc1)S(=O)(=O)CCCC. The van der Waals surface area contributed by atoms with Crippen LogP contribution in [0, 0.1) is 0 Å². The van der Waals surface area contributed by atoms with Gasteiger partial charge in [0, 0.05) is 18.0 Å². The summed E-state index contributed by atoms with van der Waals surface area (Å²) in [6, 6.07) is 11.8. The molecule has 0 bridgehead atoms. The second kappa shape index (κ2) is 9.69. The van der Waals surface area contributed by atoms with E-state index in [0.717, 1.165) is 24.0 Å². The van der Waals surface area contributed by atoms with E-state index in [9.17, 15) is 13.2 Å². The van der Waals surface area contributed by atoms with Gasteiger partial charge in [-0.1, -0.05) is 49.8 Å². The zero-order valence-corrected chi connectivity index (χ0v) is 18.4. The number of thiophene rings is 1. The zero-order valence-electron chi connectivity index (χ0n) is 16.8. The van der Waals surface area contributed by atoms with Crippen molar-refractivity contribution in [2.45, 2.75) is 32.2 Å². The molecule has 0 spiro atoms. The van der Waals surface area contributed by atoms with E-state index in [4.69, 9.17) is 0 Å². The Morgan fingerprint density at radius 1 is 1.31 bits per heavy atom. The predicted octanol–water partition coefficient (Wildman–Crippen LogP) is 3.84. The minimum atomic E-state index is -3.50. The van der Waals surface area contributed by atoms with Crippen molar-refractivity contribution in [1.82, 2.24) is 9.21 Å². The second-order valence-electron chi connectivity index (χ2n) is 7.20. The Hall–Kier alpha value is -1.96. The summed E-state index contributed by atoms with van der Waals surface area (Å²) in [6.45, 7) is 6.20. The smallest absolute Gasteiger partial charge is 0.238 e. The molecular weight excluding hydrogens is 404 g/mol. The van der Waals surface area contributed by atoms with Crippen LogP contribution in [0.4, 0.5) is 0 Å². The van der Waals surface area contributed by atoms with Gasteiger partial charge in [-0.15, -0.1) is 17.9 Å². The Balaban J connectivity index is 1.87. The van der Waals surface area contributed by atoms with E-state index < -0.39 is 10.0 Å². The van der Waals surface area contributed by atoms with Gasteiger partial charge in [0.25, 0.3) is 0 Å². The summed E-state index contributed by atoms with van der Waals surface area (Å²) in [5.74, 6) is -0.112. The number of benzene rings is 1. The van der Waals surface area contributed by atoms with Crippen molar-refractivity contribution >= 4 is 27.3 Å². The molecule has 7 heteroatoms. The Morgan fingerprint density at radius 3 is 2.76 bits per heavy atom. The van der Waals surface area contributed by atoms with Crippen molar-refractivity contribution < 1.29 is 13.2 Å². The average Bonchev–Trinajstić information content (AvgIpc) is 3.20. The maximum Gasteiger partial charge on any atom is 0.238 e. The van der Waals surface area contributed by atoms with E-state index in [1.165, 1.54) is 9.18 Å². The van der Waals surface area contributed by atoms with Gasteiger partial charge in [-0.2, -0.15) is 4.31 Å². The number of fused-ring (bicyclic) bond motifs is 1. The lowest BCUT2D eigenvalue weighted by Crippen LogP contribution is -2.47. The summed E-state index contributed by atoms with van der Waals surface area (Å²) in [7, 11) is -3.50. The first kappa shape index (κ1) is 21.7. The molecule has 2 aromatic rings. The minimum absolute atomic E-state index is 0.0570. The van der Waals surface area contributed by atoms with Crippen molar-refractivity contribution in [1.29, 1.82) is 0 Å². The first-order chi connectivity index (χ1) is 14.0. The van der Waals surface area contributed by atoms with Gasteiger partial charge in [-0.3, -0.25) is 4.79 Å². The maximum atomic E-state index is 13.3. The molecule has 1 amide bonds. The molecule has 1 unspecified atom stereocenters. The Labute approximate surface area is 177 Å². The molecule has 1 aromatic heterocycles. The van der Waals surface area contributed by atoms with E-state index >= 15 is 0 Å². The normalized spacial score (nSPS) is 16.6. The van der Waals surface area contributed by atoms with Gasteiger partial charge >= 0.3 is 0 Å². The summed E-state index contributed by atoms with van der Waals surface area (Å²) >= 11 is 1.72. The largest absolute Gasteiger partial charge is 0.330 e. The average molecular weight is 433 g/mol. The first-order valence-electron chi connectivity index (χ1n) is 9.97. The number of unbranched alkanes of at least 4 members (excludes halogenated alkanes) is 1. The van der Waals surface area contributed by atoms with Crippen molar-refractivity contribution in [2.24, 2.45) is 0 Å². The van der Waals surface area contributed by atoms with Crippen LogP contribution in [-0.4, -0.2) is 48.9 Å². The molecule has 29 heavy (non-hydrogen) atoms. The van der Waals surface area contributed by atoms with Crippen LogP contribution in [-0.2, 0) is 21.2 Å². The maximum absolute atomic E-state index is 13.3. The highest BCUT2D eigenvalue weighted by Gasteiger charge is 2.34. The Bertz CT molecular complexity index is 938. The number of carbonyl (C=O) groups is 1. The highest BCUT2D eigenvalue weighted by molar-refractivity contribution is 7.89. The minimum Gasteiger partial charge on any atom is -0.330 e. The molecule has 0 radical (unpaired) electrons. The van der Waals surface area contributed by atoms with E-state index in [2.05, 4.69) is 18.0 Å². The number of hydrogen-bond acceptors (Lipinski definition) is 4. The lowest BCUT2D eigenvalue weighted by molar-refractivity contribution is -0.133. The number of nitrogens with zero attached hydrogens (tertiary/aromatic N) is 2. The third-order valence-electron chi connectivity index (χ3n) is 5.20. The van der Waals surface area contributed by atoms with Gasteiger partial charge in [0.05, 0.1) is 18.3 Å². The number of amides is 1. The summed E-state index contributed by atoms with van der Waals surface area (Å²) < 4.78 is 26.7. The molecule has 1 aliphatic heterocycles. The Kier molecular flexibility index (Phi) is 7.27. The van der Waals surface area contributed by atoms with Crippen molar-refractivity contribution in [3.63, 3.8) is 0 Å². The highest BCUT2D eigenvalue weighted by Crippen LogP contribution is 2.37. The summed E-state index contributed by atoms with van der Waals surface area (Å²) in [6.07, 6.45) is 3.71. The highest BCUT2D eigenvalue weighted by atomic mass is 32.2. The molecule has 0 saturated heterocycles. The molecule has 1 aliphatic rings. The van der Waals surface area contributed by atoms with Crippen LogP contribution in [0.1, 0.15) is 41.8 Å². The van der Waals surface area contributed by atoms with Gasteiger partial charge in [-0.05, 0) is 35.4 Å². The lowest BCUT2D eigenvalue weighted by atomic mass is 9.93. The van der Waals surface area contributed by atoms with Gasteiger partial charge < -0.3 is 4.90 Å². The van der Waals surface area contributed by atoms with E-state index in [1.807, 2.05) is 42.2 Å². The third kappa shape index (κ3) is 4.97. The fraction of sp³-hybridized carbons (Fsp3) is 0.409. The van der Waals surface area contributed by atoms with Crippen LogP contribution < -0.4 is 0 Å². The molecule has 3 rings (SSSR count). The van der Waals surface area contributed by atoms with E-state index in [0.29, 0.717) is 13.0 Å². The number of carbonyl (C=O) groups excluding carboxylic acids is 1. The van der Waals surface area contributed by atoms with Crippen LogP contribution in [0.3, 0.4) is 0 Å². The zero-order chi connectivity index (χ0) is 20.9. The Morgan fingerprint density at radius 2 is 2.07 bits per heavy atom. The monoisotopic (exact) mass is 432 g/mol. The molecule has 0 saturated carbocycles. The fourth-order valence-corrected chi connectivity index (χ4v) is 6.15. The van der Waals surface area contributed by atoms with Crippen molar-refractivity contribution in [2.75, 3.05) is 25.4 Å². The standard InChI is InChI=1S/C22H28N2O3S2/c1-3-5-16-29(26,27)23(13-4-2)17-21(25)24-14-11-20-19(12-15-28-20)22(24)18-9-7-6-8-10-18/h4,6-10,12,15,22H,2-3,5,11,13-14,16-17H2,1H3. The molecular formula is C22H28N2O3S2. The molecule has 1 atom stereocenters. The topological polar surface area (TPSA) is 57.7 Å². The molecule has 156 valence electrons. The van der Waals surface area contributed by atoms with Gasteiger partial charge in [-0.25, -0.2) is 8.42 Å². The molecule has 0 N–H and O–H groups in total. The third-order valence-corrected chi connectivity index (χ3v) is 8.06. The van der Waals surface area contributed by atoms with Crippen molar-refractivity contribution in [3.8, 4) is 0 Å². The molecule has 0 fully saturated rings. The van der Waals surface area contributed by atoms with Gasteiger partial charge in [0.15, 0.2) is 0 Å². The summed E-state index contributed by atoms with van der Waals surface area (Å²) in [5, 5.41) is 2.06. The molecule has 5 nitrogen and oxygen atoms in total. The van der Waals surface area contributed by atoms with Crippen LogP contribution in [0.25, 0.3) is 0 Å². The van der Waals surface area contributed by atoms with Crippen LogP contribution in [0.2, 0.25) is 0 Å². The van der Waals surface area contributed by atoms with E-state index in [1.54, 1.807) is 17.4 Å².